The summed E-state index contributed by atoms with van der Waals surface area (Å²) in [5.41, 5.74) is 0. The molecule has 0 saturated carbocycles. The molecule has 2 saturated heterocycles. The van der Waals surface area contributed by atoms with Gasteiger partial charge in [0, 0.05) is 6.54 Å². The van der Waals surface area contributed by atoms with E-state index < -0.39 is 0 Å². The lowest BCUT2D eigenvalue weighted by Crippen LogP contribution is -2.54. The van der Waals surface area contributed by atoms with Crippen LogP contribution in [0.25, 0.3) is 0 Å². The maximum Gasteiger partial charge on any atom is 0.310 e. The van der Waals surface area contributed by atoms with Gasteiger partial charge in [-0.15, -0.1) is 0 Å². The minimum atomic E-state index is -0.215. The van der Waals surface area contributed by atoms with Crippen molar-refractivity contribution in [1.29, 1.82) is 0 Å². The Hall–Kier alpha value is -1.10. The molecular weight excluding hydrogens is 198 g/mol. The van der Waals surface area contributed by atoms with E-state index >= 15 is 0 Å². The average molecular weight is 213 g/mol. The first kappa shape index (κ1) is 10.4. The standard InChI is InChI=1S/C10H15NO4/c1-14-10(13)7-2-3-8-5-15-6-9(12)11(8)4-7/h7-8H,2-6H2,1H3/t7-,8-/m1/s1. The largest absolute Gasteiger partial charge is 0.469 e. The third-order valence-electron chi connectivity index (χ3n) is 3.10. The fraction of sp³-hybridized carbons (Fsp3) is 0.800. The number of fused-ring (bicyclic) bond motifs is 1. The molecule has 0 aromatic heterocycles. The van der Waals surface area contributed by atoms with Gasteiger partial charge in [-0.25, -0.2) is 0 Å². The zero-order chi connectivity index (χ0) is 10.8. The summed E-state index contributed by atoms with van der Waals surface area (Å²) in [6, 6.07) is 0.159. The summed E-state index contributed by atoms with van der Waals surface area (Å²) in [7, 11) is 1.38. The summed E-state index contributed by atoms with van der Waals surface area (Å²) < 4.78 is 9.86. The van der Waals surface area contributed by atoms with Gasteiger partial charge in [-0.1, -0.05) is 0 Å². The highest BCUT2D eigenvalue weighted by Crippen LogP contribution is 2.25. The first-order chi connectivity index (χ1) is 7.22. The Labute approximate surface area is 88.3 Å². The van der Waals surface area contributed by atoms with Gasteiger partial charge in [-0.05, 0) is 12.8 Å². The van der Waals surface area contributed by atoms with E-state index in [4.69, 9.17) is 9.47 Å². The normalized spacial score (nSPS) is 31.0. The molecule has 0 bridgehead atoms. The summed E-state index contributed by atoms with van der Waals surface area (Å²) in [6.45, 7) is 1.23. The molecule has 1 amide bonds. The molecule has 0 spiro atoms. The molecule has 0 unspecified atom stereocenters. The topological polar surface area (TPSA) is 55.8 Å². The fourth-order valence-corrected chi connectivity index (χ4v) is 2.23. The van der Waals surface area contributed by atoms with E-state index in [2.05, 4.69) is 0 Å². The SMILES string of the molecule is COC(=O)[C@@H]1CC[C@@H]2COCC(=O)N2C1. The number of hydrogen-bond donors (Lipinski definition) is 0. The molecule has 84 valence electrons. The minimum absolute atomic E-state index is 0.0140. The van der Waals surface area contributed by atoms with Gasteiger partial charge in [-0.2, -0.15) is 0 Å². The van der Waals surface area contributed by atoms with Crippen LogP contribution in [0.3, 0.4) is 0 Å². The van der Waals surface area contributed by atoms with Crippen LogP contribution in [0.1, 0.15) is 12.8 Å². The van der Waals surface area contributed by atoms with Gasteiger partial charge in [0.2, 0.25) is 5.91 Å². The predicted molar refractivity (Wildman–Crippen MR) is 51.1 cm³/mol. The van der Waals surface area contributed by atoms with Gasteiger partial charge in [0.25, 0.3) is 0 Å². The fourth-order valence-electron chi connectivity index (χ4n) is 2.23. The number of nitrogens with zero attached hydrogens (tertiary/aromatic N) is 1. The molecule has 2 rings (SSSR count). The second kappa shape index (κ2) is 4.18. The number of rotatable bonds is 1. The van der Waals surface area contributed by atoms with Crippen molar-refractivity contribution in [1.82, 2.24) is 4.90 Å². The van der Waals surface area contributed by atoms with Crippen LogP contribution >= 0.6 is 0 Å². The van der Waals surface area contributed by atoms with Crippen LogP contribution in [-0.2, 0) is 19.1 Å². The molecule has 2 aliphatic rings. The van der Waals surface area contributed by atoms with E-state index in [0.717, 1.165) is 12.8 Å². The lowest BCUT2D eigenvalue weighted by molar-refractivity contribution is -0.158. The Morgan fingerprint density at radius 2 is 2.33 bits per heavy atom. The number of hydrogen-bond acceptors (Lipinski definition) is 4. The molecule has 0 aromatic rings. The van der Waals surface area contributed by atoms with Crippen molar-refractivity contribution in [3.05, 3.63) is 0 Å². The highest BCUT2D eigenvalue weighted by molar-refractivity contribution is 5.80. The summed E-state index contributed by atoms with van der Waals surface area (Å²) >= 11 is 0. The second-order valence-electron chi connectivity index (χ2n) is 4.01. The van der Waals surface area contributed by atoms with Crippen LogP contribution in [0.4, 0.5) is 0 Å². The monoisotopic (exact) mass is 213 g/mol. The third kappa shape index (κ3) is 1.97. The van der Waals surface area contributed by atoms with Crippen LogP contribution in [0.5, 0.6) is 0 Å². The van der Waals surface area contributed by atoms with E-state index in [1.165, 1.54) is 7.11 Å². The highest BCUT2D eigenvalue weighted by Gasteiger charge is 2.37. The number of amides is 1. The molecule has 0 radical (unpaired) electrons. The highest BCUT2D eigenvalue weighted by atomic mass is 16.5. The Kier molecular flexibility index (Phi) is 2.90. The maximum atomic E-state index is 11.5. The molecule has 2 fully saturated rings. The van der Waals surface area contributed by atoms with Crippen molar-refractivity contribution in [2.75, 3.05) is 26.9 Å². The Morgan fingerprint density at radius 3 is 3.07 bits per heavy atom. The first-order valence-electron chi connectivity index (χ1n) is 5.17. The van der Waals surface area contributed by atoms with E-state index in [1.54, 1.807) is 4.90 Å². The van der Waals surface area contributed by atoms with Gasteiger partial charge in [-0.3, -0.25) is 9.59 Å². The number of esters is 1. The molecule has 15 heavy (non-hydrogen) atoms. The molecule has 2 heterocycles. The zero-order valence-corrected chi connectivity index (χ0v) is 8.77. The number of morpholine rings is 1. The molecule has 2 atom stereocenters. The van der Waals surface area contributed by atoms with Crippen molar-refractivity contribution in [2.45, 2.75) is 18.9 Å². The summed E-state index contributed by atoms with van der Waals surface area (Å²) in [4.78, 5) is 24.6. The number of methoxy groups -OCH3 is 1. The van der Waals surface area contributed by atoms with E-state index in [9.17, 15) is 9.59 Å². The van der Waals surface area contributed by atoms with Crippen molar-refractivity contribution in [2.24, 2.45) is 5.92 Å². The Bertz CT molecular complexity index is 279. The Morgan fingerprint density at radius 1 is 1.53 bits per heavy atom. The smallest absolute Gasteiger partial charge is 0.310 e. The molecule has 5 nitrogen and oxygen atoms in total. The molecule has 0 aromatic carbocycles. The van der Waals surface area contributed by atoms with Crippen molar-refractivity contribution >= 4 is 11.9 Å². The molecular formula is C10H15NO4. The van der Waals surface area contributed by atoms with Crippen molar-refractivity contribution in [3.63, 3.8) is 0 Å². The number of ether oxygens (including phenoxy) is 2. The average Bonchev–Trinajstić information content (AvgIpc) is 2.28. The van der Waals surface area contributed by atoms with Crippen molar-refractivity contribution < 1.29 is 19.1 Å². The van der Waals surface area contributed by atoms with E-state index in [1.807, 2.05) is 0 Å². The van der Waals surface area contributed by atoms with Gasteiger partial charge in [0.15, 0.2) is 0 Å². The molecule has 5 heteroatoms. The first-order valence-corrected chi connectivity index (χ1v) is 5.17. The third-order valence-corrected chi connectivity index (χ3v) is 3.10. The quantitative estimate of drug-likeness (QED) is 0.566. The van der Waals surface area contributed by atoms with E-state index in [0.29, 0.717) is 13.2 Å². The lowest BCUT2D eigenvalue weighted by Gasteiger charge is -2.41. The number of piperidine rings is 1. The van der Waals surface area contributed by atoms with Gasteiger partial charge >= 0.3 is 5.97 Å². The lowest BCUT2D eigenvalue weighted by atomic mass is 9.92. The van der Waals surface area contributed by atoms with Crippen molar-refractivity contribution in [3.8, 4) is 0 Å². The van der Waals surface area contributed by atoms with E-state index in [-0.39, 0.29) is 30.4 Å². The van der Waals surface area contributed by atoms with Gasteiger partial charge < -0.3 is 14.4 Å². The van der Waals surface area contributed by atoms with Crippen LogP contribution in [0.2, 0.25) is 0 Å². The van der Waals surface area contributed by atoms with Gasteiger partial charge in [0.05, 0.1) is 25.7 Å². The minimum Gasteiger partial charge on any atom is -0.469 e. The maximum absolute atomic E-state index is 11.5. The molecule has 0 N–H and O–H groups in total. The predicted octanol–water partition coefficient (Wildman–Crippen LogP) is -0.203. The summed E-state index contributed by atoms with van der Waals surface area (Å²) in [6.07, 6.45) is 1.61. The summed E-state index contributed by atoms with van der Waals surface area (Å²) in [5.74, 6) is -0.388. The molecule has 2 aliphatic heterocycles. The van der Waals surface area contributed by atoms with Crippen LogP contribution < -0.4 is 0 Å². The molecule has 0 aliphatic carbocycles. The summed E-state index contributed by atoms with van der Waals surface area (Å²) in [5, 5.41) is 0. The van der Waals surface area contributed by atoms with Crippen LogP contribution in [0.15, 0.2) is 0 Å². The number of carbonyl (C=O) groups excluding carboxylic acids is 2. The van der Waals surface area contributed by atoms with Gasteiger partial charge in [0.1, 0.15) is 6.61 Å². The van der Waals surface area contributed by atoms with Crippen LogP contribution in [0, 0.1) is 5.92 Å². The number of carbonyl (C=O) groups is 2. The second-order valence-corrected chi connectivity index (χ2v) is 4.01. The zero-order valence-electron chi connectivity index (χ0n) is 8.77. The Balaban J connectivity index is 2.02. The van der Waals surface area contributed by atoms with Crippen LogP contribution in [-0.4, -0.2) is 49.7 Å².